The van der Waals surface area contributed by atoms with Crippen molar-refractivity contribution < 1.29 is 0 Å². The van der Waals surface area contributed by atoms with Gasteiger partial charge in [-0.1, -0.05) is 0 Å². The van der Waals surface area contributed by atoms with Gasteiger partial charge >= 0.3 is 0 Å². The molecule has 0 amide bonds. The van der Waals surface area contributed by atoms with E-state index in [0.29, 0.717) is 0 Å². The average Bonchev–Trinajstić information content (AvgIpc) is 3.28. The molecule has 1 N–H and O–H groups in total. The molecule has 23 heavy (non-hydrogen) atoms. The summed E-state index contributed by atoms with van der Waals surface area (Å²) in [6, 6.07) is 1.91. The monoisotopic (exact) mass is 308 g/mol. The standard InChI is InChI=1S/C17H20N6/c1-6-18-17-13(10-19-23(17)7-1)11-22-8-4-14-15(5-9-22)20-21-16(14)12-2-3-12/h1,6-7,10,12H,2-5,8-9,11H2,(H,20,21). The van der Waals surface area contributed by atoms with E-state index in [0.717, 1.165) is 44.0 Å². The van der Waals surface area contributed by atoms with E-state index in [9.17, 15) is 0 Å². The molecule has 6 heteroatoms. The molecule has 0 spiro atoms. The number of nitrogens with one attached hydrogen (secondary N) is 1. The van der Waals surface area contributed by atoms with E-state index >= 15 is 0 Å². The quantitative estimate of drug-likeness (QED) is 0.803. The number of nitrogens with zero attached hydrogens (tertiary/aromatic N) is 5. The summed E-state index contributed by atoms with van der Waals surface area (Å²) in [5, 5.41) is 12.3. The van der Waals surface area contributed by atoms with E-state index in [1.54, 1.807) is 0 Å². The van der Waals surface area contributed by atoms with E-state index in [2.05, 4.69) is 25.2 Å². The minimum Gasteiger partial charge on any atom is -0.298 e. The molecule has 1 aliphatic heterocycles. The highest BCUT2D eigenvalue weighted by atomic mass is 15.2. The Morgan fingerprint density at radius 2 is 2.13 bits per heavy atom. The summed E-state index contributed by atoms with van der Waals surface area (Å²) in [5.74, 6) is 0.727. The summed E-state index contributed by atoms with van der Waals surface area (Å²) in [7, 11) is 0. The van der Waals surface area contributed by atoms with Gasteiger partial charge in [-0.05, 0) is 30.9 Å². The summed E-state index contributed by atoms with van der Waals surface area (Å²) in [6.07, 6.45) is 10.5. The Bertz CT molecular complexity index is 844. The van der Waals surface area contributed by atoms with Crippen molar-refractivity contribution in [2.24, 2.45) is 0 Å². The fraction of sp³-hybridized carbons (Fsp3) is 0.471. The molecule has 5 rings (SSSR count). The van der Waals surface area contributed by atoms with Crippen LogP contribution < -0.4 is 0 Å². The molecule has 0 unspecified atom stereocenters. The highest BCUT2D eigenvalue weighted by Crippen LogP contribution is 2.41. The van der Waals surface area contributed by atoms with E-state index < -0.39 is 0 Å². The van der Waals surface area contributed by atoms with Gasteiger partial charge in [0.1, 0.15) is 0 Å². The maximum Gasteiger partial charge on any atom is 0.159 e. The zero-order valence-electron chi connectivity index (χ0n) is 13.1. The van der Waals surface area contributed by atoms with Gasteiger partial charge in [0.05, 0.1) is 11.9 Å². The third-order valence-corrected chi connectivity index (χ3v) is 5.05. The van der Waals surface area contributed by atoms with Gasteiger partial charge in [0.2, 0.25) is 0 Å². The fourth-order valence-corrected chi connectivity index (χ4v) is 3.64. The number of H-pyrrole nitrogens is 1. The molecule has 1 fully saturated rings. The van der Waals surface area contributed by atoms with Gasteiger partial charge in [0, 0.05) is 55.6 Å². The van der Waals surface area contributed by atoms with E-state index in [1.807, 2.05) is 29.2 Å². The zero-order chi connectivity index (χ0) is 15.2. The van der Waals surface area contributed by atoms with Crippen LogP contribution in [-0.2, 0) is 19.4 Å². The lowest BCUT2D eigenvalue weighted by molar-refractivity contribution is 0.279. The van der Waals surface area contributed by atoms with Gasteiger partial charge in [-0.2, -0.15) is 10.2 Å². The van der Waals surface area contributed by atoms with Crippen LogP contribution >= 0.6 is 0 Å². The predicted octanol–water partition coefficient (Wildman–Crippen LogP) is 1.93. The van der Waals surface area contributed by atoms with E-state index in [-0.39, 0.29) is 0 Å². The molecule has 0 bridgehead atoms. The Morgan fingerprint density at radius 3 is 3.04 bits per heavy atom. The van der Waals surface area contributed by atoms with Gasteiger partial charge < -0.3 is 0 Å². The topological polar surface area (TPSA) is 62.1 Å². The maximum absolute atomic E-state index is 4.58. The third kappa shape index (κ3) is 2.34. The molecule has 6 nitrogen and oxygen atoms in total. The first-order valence-electron chi connectivity index (χ1n) is 8.44. The molecule has 4 heterocycles. The van der Waals surface area contributed by atoms with Crippen molar-refractivity contribution in [3.05, 3.63) is 47.2 Å². The molecule has 0 radical (unpaired) electrons. The Morgan fingerprint density at radius 1 is 1.22 bits per heavy atom. The first kappa shape index (κ1) is 13.2. The minimum absolute atomic E-state index is 0.727. The highest BCUT2D eigenvalue weighted by molar-refractivity contribution is 5.45. The molecule has 1 aliphatic carbocycles. The van der Waals surface area contributed by atoms with Crippen molar-refractivity contribution in [2.75, 3.05) is 13.1 Å². The van der Waals surface area contributed by atoms with Gasteiger partial charge in [-0.15, -0.1) is 0 Å². The van der Waals surface area contributed by atoms with Crippen LogP contribution in [0.2, 0.25) is 0 Å². The molecule has 1 saturated carbocycles. The zero-order valence-corrected chi connectivity index (χ0v) is 13.1. The van der Waals surface area contributed by atoms with Gasteiger partial charge in [-0.25, -0.2) is 9.50 Å². The first-order chi connectivity index (χ1) is 11.4. The Kier molecular flexibility index (Phi) is 2.97. The normalized spacial score (nSPS) is 19.0. The van der Waals surface area contributed by atoms with Crippen LogP contribution in [-0.4, -0.2) is 42.8 Å². The molecule has 0 atom stereocenters. The summed E-state index contributed by atoms with van der Waals surface area (Å²) < 4.78 is 1.85. The maximum atomic E-state index is 4.58. The molecular weight excluding hydrogens is 288 g/mol. The molecule has 3 aromatic rings. The number of rotatable bonds is 3. The van der Waals surface area contributed by atoms with Crippen LogP contribution in [0.15, 0.2) is 24.7 Å². The van der Waals surface area contributed by atoms with Crippen LogP contribution in [0, 0.1) is 0 Å². The summed E-state index contributed by atoms with van der Waals surface area (Å²) in [6.45, 7) is 3.05. The van der Waals surface area contributed by atoms with Gasteiger partial charge in [0.25, 0.3) is 0 Å². The molecule has 0 aromatic carbocycles. The van der Waals surface area contributed by atoms with Crippen molar-refractivity contribution >= 4 is 5.65 Å². The molecular formula is C17H20N6. The van der Waals surface area contributed by atoms with Crippen LogP contribution in [0.25, 0.3) is 5.65 Å². The van der Waals surface area contributed by atoms with E-state index in [4.69, 9.17) is 0 Å². The molecule has 0 saturated heterocycles. The SMILES string of the molecule is c1cnc2c(CN3CCc4[nH]nc(C5CC5)c4CC3)cnn2c1. The Balaban J connectivity index is 1.35. The summed E-state index contributed by atoms with van der Waals surface area (Å²) in [5.41, 5.74) is 6.37. The van der Waals surface area contributed by atoms with Crippen molar-refractivity contribution in [1.82, 2.24) is 29.7 Å². The lowest BCUT2D eigenvalue weighted by Gasteiger charge is -2.18. The third-order valence-electron chi connectivity index (χ3n) is 5.05. The Labute approximate surface area is 134 Å². The largest absolute Gasteiger partial charge is 0.298 e. The summed E-state index contributed by atoms with van der Waals surface area (Å²) in [4.78, 5) is 6.97. The number of aromatic nitrogens is 5. The van der Waals surface area contributed by atoms with Crippen LogP contribution in [0.5, 0.6) is 0 Å². The predicted molar refractivity (Wildman–Crippen MR) is 86.2 cm³/mol. The smallest absolute Gasteiger partial charge is 0.159 e. The van der Waals surface area contributed by atoms with Crippen LogP contribution in [0.4, 0.5) is 0 Å². The number of fused-ring (bicyclic) bond motifs is 2. The Hall–Kier alpha value is -2.21. The van der Waals surface area contributed by atoms with Crippen molar-refractivity contribution in [3.63, 3.8) is 0 Å². The van der Waals surface area contributed by atoms with Crippen LogP contribution in [0.1, 0.15) is 41.3 Å². The molecule has 3 aromatic heterocycles. The van der Waals surface area contributed by atoms with Gasteiger partial charge in [0.15, 0.2) is 5.65 Å². The lowest BCUT2D eigenvalue weighted by atomic mass is 10.1. The second-order valence-electron chi connectivity index (χ2n) is 6.67. The van der Waals surface area contributed by atoms with Crippen molar-refractivity contribution in [2.45, 2.75) is 38.1 Å². The van der Waals surface area contributed by atoms with E-state index in [1.165, 1.54) is 35.4 Å². The number of hydrogen-bond acceptors (Lipinski definition) is 4. The minimum atomic E-state index is 0.727. The summed E-state index contributed by atoms with van der Waals surface area (Å²) >= 11 is 0. The number of aromatic amines is 1. The van der Waals surface area contributed by atoms with Crippen LogP contribution in [0.3, 0.4) is 0 Å². The van der Waals surface area contributed by atoms with Gasteiger partial charge in [-0.3, -0.25) is 10.00 Å². The lowest BCUT2D eigenvalue weighted by Crippen LogP contribution is -2.26. The molecule has 118 valence electrons. The fourth-order valence-electron chi connectivity index (χ4n) is 3.64. The molecule has 2 aliphatic rings. The van der Waals surface area contributed by atoms with Crippen molar-refractivity contribution in [3.8, 4) is 0 Å². The first-order valence-corrected chi connectivity index (χ1v) is 8.44. The van der Waals surface area contributed by atoms with Crippen molar-refractivity contribution in [1.29, 1.82) is 0 Å². The number of hydrogen-bond donors (Lipinski definition) is 1. The second kappa shape index (κ2) is 5.16. The second-order valence-corrected chi connectivity index (χ2v) is 6.67. The average molecular weight is 308 g/mol. The highest BCUT2D eigenvalue weighted by Gasteiger charge is 2.31.